The van der Waals surface area contributed by atoms with Crippen LogP contribution in [0.5, 0.6) is 5.75 Å². The molecular weight excluding hydrogens is 448 g/mol. The van der Waals surface area contributed by atoms with E-state index in [1.165, 1.54) is 42.6 Å². The van der Waals surface area contributed by atoms with Crippen LogP contribution in [0.4, 0.5) is 34.2 Å². The second-order valence-corrected chi connectivity index (χ2v) is 7.57. The van der Waals surface area contributed by atoms with Crippen LogP contribution in [0.25, 0.3) is 10.2 Å². The van der Waals surface area contributed by atoms with E-state index in [1.807, 2.05) is 0 Å². The van der Waals surface area contributed by atoms with Crippen LogP contribution in [0.15, 0.2) is 60.8 Å². The Morgan fingerprint density at radius 3 is 2.72 bits per heavy atom. The molecule has 0 aliphatic heterocycles. The first-order valence-electron chi connectivity index (χ1n) is 9.16. The first kappa shape index (κ1) is 21.5. The third-order valence-corrected chi connectivity index (χ3v) is 5.06. The number of nitrogens with one attached hydrogen (secondary N) is 2. The molecule has 0 bridgehead atoms. The van der Waals surface area contributed by atoms with Crippen molar-refractivity contribution in [2.24, 2.45) is 0 Å². The third-order valence-electron chi connectivity index (χ3n) is 4.12. The van der Waals surface area contributed by atoms with Crippen molar-refractivity contribution in [3.05, 3.63) is 72.2 Å². The van der Waals surface area contributed by atoms with E-state index in [-0.39, 0.29) is 22.3 Å². The zero-order chi connectivity index (χ0) is 22.7. The highest BCUT2D eigenvalue weighted by Crippen LogP contribution is 2.30. The van der Waals surface area contributed by atoms with Crippen molar-refractivity contribution in [2.45, 2.75) is 6.18 Å². The number of hydrogen-bond donors (Lipinski definition) is 2. The van der Waals surface area contributed by atoms with Crippen molar-refractivity contribution in [3.8, 4) is 5.75 Å². The van der Waals surface area contributed by atoms with E-state index in [0.717, 1.165) is 11.3 Å². The monoisotopic (exact) mass is 462 g/mol. The van der Waals surface area contributed by atoms with Crippen molar-refractivity contribution in [3.63, 3.8) is 0 Å². The molecule has 0 atom stereocenters. The Morgan fingerprint density at radius 1 is 1.09 bits per heavy atom. The smallest absolute Gasteiger partial charge is 0.422 e. The predicted octanol–water partition coefficient (Wildman–Crippen LogP) is 5.77. The molecule has 0 radical (unpaired) electrons. The van der Waals surface area contributed by atoms with Gasteiger partial charge in [-0.25, -0.2) is 14.4 Å². The molecule has 0 saturated heterocycles. The number of amides is 1. The minimum Gasteiger partial charge on any atom is -0.484 e. The Bertz CT molecular complexity index is 1280. The topological polar surface area (TPSA) is 76.1 Å². The van der Waals surface area contributed by atoms with Gasteiger partial charge in [-0.3, -0.25) is 10.1 Å². The third kappa shape index (κ3) is 5.30. The minimum atomic E-state index is -4.44. The maximum Gasteiger partial charge on any atom is 0.422 e. The maximum atomic E-state index is 13.4. The Balaban J connectivity index is 1.51. The maximum absolute atomic E-state index is 13.4. The molecule has 1 amide bonds. The average Bonchev–Trinajstić information content (AvgIpc) is 3.13. The van der Waals surface area contributed by atoms with Crippen LogP contribution in [0, 0.1) is 5.82 Å². The molecule has 0 saturated carbocycles. The summed E-state index contributed by atoms with van der Waals surface area (Å²) in [6.45, 7) is -1.40. The molecule has 0 unspecified atom stereocenters. The molecule has 4 rings (SSSR count). The summed E-state index contributed by atoms with van der Waals surface area (Å²) in [4.78, 5) is 21.2. The molecule has 164 valence electrons. The van der Waals surface area contributed by atoms with Crippen molar-refractivity contribution >= 4 is 44.1 Å². The second kappa shape index (κ2) is 8.79. The van der Waals surface area contributed by atoms with E-state index in [1.54, 1.807) is 18.2 Å². The van der Waals surface area contributed by atoms with Gasteiger partial charge in [0.25, 0.3) is 5.91 Å². The lowest BCUT2D eigenvalue weighted by atomic mass is 10.2. The highest BCUT2D eigenvalue weighted by Gasteiger charge is 2.28. The molecule has 11 heteroatoms. The SMILES string of the molecule is O=C(Nc1nc2ccc(OCC(F)(F)F)cc2s1)c1cccnc1Nc1cccc(F)c1. The number of alkyl halides is 3. The number of ether oxygens (including phenoxy) is 1. The van der Waals surface area contributed by atoms with E-state index < -0.39 is 24.5 Å². The summed E-state index contributed by atoms with van der Waals surface area (Å²) < 4.78 is 55.8. The van der Waals surface area contributed by atoms with E-state index in [4.69, 9.17) is 4.74 Å². The van der Waals surface area contributed by atoms with Crippen LogP contribution in [-0.4, -0.2) is 28.7 Å². The van der Waals surface area contributed by atoms with Crippen LogP contribution < -0.4 is 15.4 Å². The molecule has 4 aromatic rings. The Kier molecular flexibility index (Phi) is 5.91. The fourth-order valence-electron chi connectivity index (χ4n) is 2.77. The number of anilines is 3. The molecule has 2 aromatic carbocycles. The van der Waals surface area contributed by atoms with Crippen molar-refractivity contribution in [1.82, 2.24) is 9.97 Å². The van der Waals surface area contributed by atoms with Gasteiger partial charge in [0.2, 0.25) is 0 Å². The number of fused-ring (bicyclic) bond motifs is 1. The predicted molar refractivity (Wildman–Crippen MR) is 113 cm³/mol. The standard InChI is InChI=1S/C21H14F4N4O2S/c22-12-3-1-4-13(9-12)27-18-15(5-2-8-26-18)19(30)29-20-28-16-7-6-14(10-17(16)32-20)31-11-21(23,24)25/h1-10H,11H2,(H,26,27)(H,28,29,30). The molecular formula is C21H14F4N4O2S. The Hall–Kier alpha value is -3.73. The molecule has 0 aliphatic rings. The number of hydrogen-bond acceptors (Lipinski definition) is 6. The largest absolute Gasteiger partial charge is 0.484 e. The number of nitrogens with zero attached hydrogens (tertiary/aromatic N) is 2. The fraction of sp³-hybridized carbons (Fsp3) is 0.0952. The van der Waals surface area contributed by atoms with Crippen LogP contribution in [0.1, 0.15) is 10.4 Å². The summed E-state index contributed by atoms with van der Waals surface area (Å²) >= 11 is 1.08. The van der Waals surface area contributed by atoms with Gasteiger partial charge in [0.1, 0.15) is 17.4 Å². The normalized spacial score (nSPS) is 11.4. The summed E-state index contributed by atoms with van der Waals surface area (Å²) in [6.07, 6.45) is -2.96. The van der Waals surface area contributed by atoms with Gasteiger partial charge < -0.3 is 10.1 Å². The Labute approximate surface area is 182 Å². The van der Waals surface area contributed by atoms with Gasteiger partial charge in [-0.1, -0.05) is 17.4 Å². The van der Waals surface area contributed by atoms with Gasteiger partial charge in [-0.2, -0.15) is 13.2 Å². The van der Waals surface area contributed by atoms with E-state index >= 15 is 0 Å². The van der Waals surface area contributed by atoms with E-state index in [2.05, 4.69) is 20.6 Å². The number of carbonyl (C=O) groups excluding carboxylic acids is 1. The number of halogens is 4. The highest BCUT2D eigenvalue weighted by atomic mass is 32.1. The summed E-state index contributed by atoms with van der Waals surface area (Å²) in [5.41, 5.74) is 1.11. The lowest BCUT2D eigenvalue weighted by Crippen LogP contribution is -2.19. The lowest BCUT2D eigenvalue weighted by Gasteiger charge is -2.10. The van der Waals surface area contributed by atoms with Crippen molar-refractivity contribution in [2.75, 3.05) is 17.2 Å². The molecule has 2 N–H and O–H groups in total. The van der Waals surface area contributed by atoms with Crippen molar-refractivity contribution < 1.29 is 27.1 Å². The van der Waals surface area contributed by atoms with Crippen LogP contribution in [0.2, 0.25) is 0 Å². The molecule has 0 fully saturated rings. The van der Waals surface area contributed by atoms with Crippen LogP contribution in [0.3, 0.4) is 0 Å². The summed E-state index contributed by atoms with van der Waals surface area (Å²) in [6, 6.07) is 13.1. The summed E-state index contributed by atoms with van der Waals surface area (Å²) in [5, 5.41) is 5.81. The zero-order valence-electron chi connectivity index (χ0n) is 16.1. The lowest BCUT2D eigenvalue weighted by molar-refractivity contribution is -0.153. The second-order valence-electron chi connectivity index (χ2n) is 6.54. The first-order chi connectivity index (χ1) is 15.3. The van der Waals surface area contributed by atoms with Gasteiger partial charge in [-0.05, 0) is 48.5 Å². The minimum absolute atomic E-state index is 0.0465. The summed E-state index contributed by atoms with van der Waals surface area (Å²) in [5.74, 6) is -0.681. The fourth-order valence-corrected chi connectivity index (χ4v) is 3.66. The number of carbonyl (C=O) groups is 1. The summed E-state index contributed by atoms with van der Waals surface area (Å²) in [7, 11) is 0. The van der Waals surface area contributed by atoms with E-state index in [9.17, 15) is 22.4 Å². The zero-order valence-corrected chi connectivity index (χ0v) is 16.9. The van der Waals surface area contributed by atoms with Crippen LogP contribution >= 0.6 is 11.3 Å². The van der Waals surface area contributed by atoms with Gasteiger partial charge in [-0.15, -0.1) is 0 Å². The average molecular weight is 462 g/mol. The quantitative estimate of drug-likeness (QED) is 0.356. The van der Waals surface area contributed by atoms with E-state index in [0.29, 0.717) is 15.9 Å². The van der Waals surface area contributed by atoms with Crippen molar-refractivity contribution in [1.29, 1.82) is 0 Å². The number of pyridine rings is 1. The number of aromatic nitrogens is 2. The van der Waals surface area contributed by atoms with Gasteiger partial charge in [0.15, 0.2) is 11.7 Å². The van der Waals surface area contributed by atoms with Gasteiger partial charge in [0, 0.05) is 11.9 Å². The molecule has 2 heterocycles. The highest BCUT2D eigenvalue weighted by molar-refractivity contribution is 7.22. The molecule has 6 nitrogen and oxygen atoms in total. The molecule has 32 heavy (non-hydrogen) atoms. The number of rotatable bonds is 6. The molecule has 0 spiro atoms. The van der Waals surface area contributed by atoms with Gasteiger partial charge >= 0.3 is 6.18 Å². The first-order valence-corrected chi connectivity index (χ1v) is 9.97. The van der Waals surface area contributed by atoms with Gasteiger partial charge in [0.05, 0.1) is 15.8 Å². The molecule has 0 aliphatic carbocycles. The Morgan fingerprint density at radius 2 is 1.94 bits per heavy atom. The number of thiazole rings is 1. The van der Waals surface area contributed by atoms with Crippen LogP contribution in [-0.2, 0) is 0 Å². The number of benzene rings is 2. The molecule has 2 aromatic heterocycles.